The molecule has 0 aliphatic rings. The van der Waals surface area contributed by atoms with E-state index in [2.05, 4.69) is 26.8 Å². The van der Waals surface area contributed by atoms with Crippen LogP contribution in [0.2, 0.25) is 5.02 Å². The first-order valence-electron chi connectivity index (χ1n) is 7.29. The molecule has 0 heterocycles. The zero-order valence-corrected chi connectivity index (χ0v) is 13.6. The Balaban J connectivity index is 2.34. The molecule has 2 rings (SSSR count). The van der Waals surface area contributed by atoms with Crippen LogP contribution < -0.4 is 10.5 Å². The second-order valence-corrected chi connectivity index (χ2v) is 5.86. The Morgan fingerprint density at radius 1 is 1.14 bits per heavy atom. The molecule has 21 heavy (non-hydrogen) atoms. The van der Waals surface area contributed by atoms with Gasteiger partial charge in [0.05, 0.1) is 0 Å². The van der Waals surface area contributed by atoms with Crippen molar-refractivity contribution < 1.29 is 4.74 Å². The maximum absolute atomic E-state index is 6.11. The average molecular weight is 304 g/mol. The summed E-state index contributed by atoms with van der Waals surface area (Å²) in [5, 5.41) is 0.670. The van der Waals surface area contributed by atoms with Gasteiger partial charge in [0, 0.05) is 11.1 Å². The lowest BCUT2D eigenvalue weighted by atomic mass is 10.0. The van der Waals surface area contributed by atoms with E-state index in [-0.39, 0.29) is 6.04 Å². The van der Waals surface area contributed by atoms with Crippen molar-refractivity contribution in [2.24, 2.45) is 5.73 Å². The van der Waals surface area contributed by atoms with Crippen LogP contribution in [0.3, 0.4) is 0 Å². The second-order valence-electron chi connectivity index (χ2n) is 5.42. The van der Waals surface area contributed by atoms with Gasteiger partial charge in [0.15, 0.2) is 0 Å². The minimum Gasteiger partial charge on any atom is -0.457 e. The standard InChI is InChI=1S/C18H22ClNO/c1-4-16(20)10-14-8-9-15(19)11-18(14)21-17-7-5-6-12(2)13(17)3/h5-9,11,16H,4,10,20H2,1-3H3. The predicted octanol–water partition coefficient (Wildman–Crippen LogP) is 5.03. The molecule has 2 nitrogen and oxygen atoms in total. The summed E-state index contributed by atoms with van der Waals surface area (Å²) in [7, 11) is 0. The van der Waals surface area contributed by atoms with Gasteiger partial charge in [-0.15, -0.1) is 0 Å². The smallest absolute Gasteiger partial charge is 0.132 e. The van der Waals surface area contributed by atoms with Crippen molar-refractivity contribution in [1.82, 2.24) is 0 Å². The van der Waals surface area contributed by atoms with Crippen molar-refractivity contribution >= 4 is 11.6 Å². The van der Waals surface area contributed by atoms with Gasteiger partial charge in [0.2, 0.25) is 0 Å². The fourth-order valence-electron chi connectivity index (χ4n) is 2.17. The molecule has 0 fully saturated rings. The minimum atomic E-state index is 0.132. The maximum Gasteiger partial charge on any atom is 0.132 e. The molecule has 2 aromatic rings. The third kappa shape index (κ3) is 3.99. The van der Waals surface area contributed by atoms with Gasteiger partial charge in [-0.3, -0.25) is 0 Å². The third-order valence-electron chi connectivity index (χ3n) is 3.81. The van der Waals surface area contributed by atoms with E-state index >= 15 is 0 Å². The molecule has 1 atom stereocenters. The molecule has 1 unspecified atom stereocenters. The van der Waals surface area contributed by atoms with Gasteiger partial charge < -0.3 is 10.5 Å². The predicted molar refractivity (Wildman–Crippen MR) is 89.4 cm³/mol. The van der Waals surface area contributed by atoms with Gasteiger partial charge in [0.25, 0.3) is 0 Å². The molecule has 112 valence electrons. The zero-order valence-electron chi connectivity index (χ0n) is 12.8. The number of benzene rings is 2. The van der Waals surface area contributed by atoms with Crippen molar-refractivity contribution in [1.29, 1.82) is 0 Å². The first-order valence-corrected chi connectivity index (χ1v) is 7.67. The monoisotopic (exact) mass is 303 g/mol. The van der Waals surface area contributed by atoms with E-state index in [9.17, 15) is 0 Å². The van der Waals surface area contributed by atoms with Gasteiger partial charge >= 0.3 is 0 Å². The van der Waals surface area contributed by atoms with Crippen molar-refractivity contribution in [2.45, 2.75) is 39.7 Å². The number of hydrogen-bond acceptors (Lipinski definition) is 2. The molecular formula is C18H22ClNO. The number of hydrogen-bond donors (Lipinski definition) is 1. The van der Waals surface area contributed by atoms with E-state index in [0.29, 0.717) is 5.02 Å². The quantitative estimate of drug-likeness (QED) is 0.841. The Bertz CT molecular complexity index is 625. The number of nitrogens with two attached hydrogens (primary N) is 1. The van der Waals surface area contributed by atoms with E-state index in [0.717, 1.165) is 35.5 Å². The molecule has 3 heteroatoms. The molecule has 0 aliphatic heterocycles. The number of ether oxygens (including phenoxy) is 1. The highest BCUT2D eigenvalue weighted by molar-refractivity contribution is 6.30. The lowest BCUT2D eigenvalue weighted by Crippen LogP contribution is -2.21. The summed E-state index contributed by atoms with van der Waals surface area (Å²) in [4.78, 5) is 0. The number of aryl methyl sites for hydroxylation is 1. The summed E-state index contributed by atoms with van der Waals surface area (Å²) in [6.07, 6.45) is 1.72. The first kappa shape index (κ1) is 15.9. The molecule has 0 radical (unpaired) electrons. The first-order chi connectivity index (χ1) is 10.0. The molecule has 0 aromatic heterocycles. The highest BCUT2D eigenvalue weighted by Crippen LogP contribution is 2.32. The van der Waals surface area contributed by atoms with Gasteiger partial charge in [-0.1, -0.05) is 36.7 Å². The Labute approximate surface area is 131 Å². The molecule has 0 saturated carbocycles. The van der Waals surface area contributed by atoms with Gasteiger partial charge in [-0.25, -0.2) is 0 Å². The van der Waals surface area contributed by atoms with Crippen molar-refractivity contribution in [3.63, 3.8) is 0 Å². The normalized spacial score (nSPS) is 12.2. The lowest BCUT2D eigenvalue weighted by Gasteiger charge is -2.16. The van der Waals surface area contributed by atoms with Crippen molar-refractivity contribution in [3.05, 3.63) is 58.1 Å². The maximum atomic E-state index is 6.11. The summed E-state index contributed by atoms with van der Waals surface area (Å²) in [6, 6.07) is 11.9. The topological polar surface area (TPSA) is 35.2 Å². The summed E-state index contributed by atoms with van der Waals surface area (Å²) >= 11 is 6.11. The SMILES string of the molecule is CCC(N)Cc1ccc(Cl)cc1Oc1cccc(C)c1C. The summed E-state index contributed by atoms with van der Waals surface area (Å²) in [5.74, 6) is 1.66. The molecular weight excluding hydrogens is 282 g/mol. The average Bonchev–Trinajstić information content (AvgIpc) is 2.46. The van der Waals surface area contributed by atoms with Crippen LogP contribution >= 0.6 is 11.6 Å². The highest BCUT2D eigenvalue weighted by atomic mass is 35.5. The van der Waals surface area contributed by atoms with Crippen LogP contribution in [0.15, 0.2) is 36.4 Å². The van der Waals surface area contributed by atoms with Gasteiger partial charge in [-0.2, -0.15) is 0 Å². The minimum absolute atomic E-state index is 0.132. The van der Waals surface area contributed by atoms with E-state index in [1.54, 1.807) is 0 Å². The van der Waals surface area contributed by atoms with Crippen LogP contribution in [0.4, 0.5) is 0 Å². The van der Waals surface area contributed by atoms with Crippen LogP contribution in [0.1, 0.15) is 30.0 Å². The fourth-order valence-corrected chi connectivity index (χ4v) is 2.33. The van der Waals surface area contributed by atoms with Crippen molar-refractivity contribution in [3.8, 4) is 11.5 Å². The number of rotatable bonds is 5. The van der Waals surface area contributed by atoms with E-state index < -0.39 is 0 Å². The fraction of sp³-hybridized carbons (Fsp3) is 0.333. The molecule has 2 N–H and O–H groups in total. The van der Waals surface area contributed by atoms with Crippen molar-refractivity contribution in [2.75, 3.05) is 0 Å². The largest absolute Gasteiger partial charge is 0.457 e. The van der Waals surface area contributed by atoms with Crippen LogP contribution in [-0.2, 0) is 6.42 Å². The third-order valence-corrected chi connectivity index (χ3v) is 4.05. The van der Waals surface area contributed by atoms with Crippen LogP contribution in [0, 0.1) is 13.8 Å². The summed E-state index contributed by atoms with van der Waals surface area (Å²) in [5.41, 5.74) is 9.51. The molecule has 0 bridgehead atoms. The Morgan fingerprint density at radius 2 is 1.90 bits per heavy atom. The van der Waals surface area contributed by atoms with E-state index in [1.165, 1.54) is 5.56 Å². The molecule has 0 amide bonds. The lowest BCUT2D eigenvalue weighted by molar-refractivity contribution is 0.468. The summed E-state index contributed by atoms with van der Waals surface area (Å²) < 4.78 is 6.11. The molecule has 0 saturated heterocycles. The second kappa shape index (κ2) is 6.97. The van der Waals surface area contributed by atoms with Crippen LogP contribution in [0.5, 0.6) is 11.5 Å². The van der Waals surface area contributed by atoms with Gasteiger partial charge in [-0.05, 0) is 61.6 Å². The highest BCUT2D eigenvalue weighted by Gasteiger charge is 2.11. The van der Waals surface area contributed by atoms with E-state index in [1.807, 2.05) is 30.3 Å². The summed E-state index contributed by atoms with van der Waals surface area (Å²) in [6.45, 7) is 6.23. The number of halogens is 1. The Hall–Kier alpha value is -1.51. The zero-order chi connectivity index (χ0) is 15.4. The van der Waals surface area contributed by atoms with Crippen LogP contribution in [0.25, 0.3) is 0 Å². The van der Waals surface area contributed by atoms with Gasteiger partial charge in [0.1, 0.15) is 11.5 Å². The molecule has 0 aliphatic carbocycles. The Morgan fingerprint density at radius 3 is 2.62 bits per heavy atom. The molecule has 2 aromatic carbocycles. The van der Waals surface area contributed by atoms with Crippen LogP contribution in [-0.4, -0.2) is 6.04 Å². The molecule has 0 spiro atoms. The van der Waals surface area contributed by atoms with E-state index in [4.69, 9.17) is 22.1 Å². The Kier molecular flexibility index (Phi) is 5.27.